The van der Waals surface area contributed by atoms with Crippen molar-refractivity contribution in [3.8, 4) is 11.4 Å². The topological polar surface area (TPSA) is 105 Å². The Hall–Kier alpha value is -3.07. The van der Waals surface area contributed by atoms with Crippen molar-refractivity contribution in [3.63, 3.8) is 0 Å². The number of H-pyrrole nitrogens is 1. The molecule has 2 rings (SSSR count). The summed E-state index contributed by atoms with van der Waals surface area (Å²) >= 11 is 5.20. The maximum Gasteiger partial charge on any atom is 0.362 e. The predicted octanol–water partition coefficient (Wildman–Crippen LogP) is 4.23. The van der Waals surface area contributed by atoms with Gasteiger partial charge in [-0.25, -0.2) is 4.79 Å². The summed E-state index contributed by atoms with van der Waals surface area (Å²) in [5, 5.41) is 24.3. The number of azo groups is 1. The first kappa shape index (κ1) is 19.3. The Bertz CT molecular complexity index is 905. The van der Waals surface area contributed by atoms with Crippen molar-refractivity contribution in [1.29, 1.82) is 0 Å². The van der Waals surface area contributed by atoms with Crippen LogP contribution in [0.4, 0.5) is 5.69 Å². The van der Waals surface area contributed by atoms with Crippen LogP contribution in [0.1, 0.15) is 13.8 Å². The molecule has 1 aromatic heterocycles. The SMILES string of the molecule is C=CCn1c(-c2ccc(N=N/C(C(=O)OCC)=C(\C)O)cc2)n[nH]c1=S. The lowest BCUT2D eigenvalue weighted by atomic mass is 10.2. The predicted molar refractivity (Wildman–Crippen MR) is 99.5 cm³/mol. The van der Waals surface area contributed by atoms with Crippen LogP contribution >= 0.6 is 12.2 Å². The molecular weight excluding hydrogens is 354 g/mol. The van der Waals surface area contributed by atoms with Crippen LogP contribution < -0.4 is 0 Å². The van der Waals surface area contributed by atoms with Crippen LogP contribution in [0, 0.1) is 4.77 Å². The third kappa shape index (κ3) is 4.51. The number of ether oxygens (including phenoxy) is 1. The van der Waals surface area contributed by atoms with Crippen LogP contribution in [0.3, 0.4) is 0 Å². The third-order valence-corrected chi connectivity index (χ3v) is 3.58. The summed E-state index contributed by atoms with van der Waals surface area (Å²) in [6.45, 7) is 7.44. The van der Waals surface area contributed by atoms with E-state index < -0.39 is 5.97 Å². The van der Waals surface area contributed by atoms with Gasteiger partial charge in [-0.1, -0.05) is 6.08 Å². The van der Waals surface area contributed by atoms with E-state index in [2.05, 4.69) is 27.0 Å². The van der Waals surface area contributed by atoms with Crippen LogP contribution in [0.5, 0.6) is 0 Å². The van der Waals surface area contributed by atoms with Gasteiger partial charge < -0.3 is 9.84 Å². The number of aromatic amines is 1. The molecule has 0 aliphatic carbocycles. The second kappa shape index (κ2) is 8.86. The van der Waals surface area contributed by atoms with E-state index in [1.165, 1.54) is 6.92 Å². The van der Waals surface area contributed by atoms with Gasteiger partial charge in [0.15, 0.2) is 10.6 Å². The average molecular weight is 373 g/mol. The number of carbonyl (C=O) groups excluding carboxylic acids is 1. The van der Waals surface area contributed by atoms with E-state index >= 15 is 0 Å². The first-order valence-electron chi connectivity index (χ1n) is 7.83. The third-order valence-electron chi connectivity index (χ3n) is 3.27. The molecule has 0 amide bonds. The van der Waals surface area contributed by atoms with E-state index in [0.29, 0.717) is 22.8 Å². The van der Waals surface area contributed by atoms with Crippen LogP contribution in [-0.4, -0.2) is 32.4 Å². The number of nitrogens with zero attached hydrogens (tertiary/aromatic N) is 4. The number of esters is 1. The van der Waals surface area contributed by atoms with Crippen molar-refractivity contribution >= 4 is 23.9 Å². The molecule has 0 saturated heterocycles. The summed E-state index contributed by atoms with van der Waals surface area (Å²) in [6, 6.07) is 7.03. The smallest absolute Gasteiger partial charge is 0.362 e. The van der Waals surface area contributed by atoms with Crippen molar-refractivity contribution in [2.45, 2.75) is 20.4 Å². The van der Waals surface area contributed by atoms with Crippen molar-refractivity contribution in [2.75, 3.05) is 6.61 Å². The number of nitrogens with one attached hydrogen (secondary N) is 1. The Morgan fingerprint density at radius 1 is 1.46 bits per heavy atom. The zero-order valence-electron chi connectivity index (χ0n) is 14.5. The molecule has 0 saturated carbocycles. The summed E-state index contributed by atoms with van der Waals surface area (Å²) in [6.07, 6.45) is 1.73. The lowest BCUT2D eigenvalue weighted by molar-refractivity contribution is -0.138. The normalized spacial score (nSPS) is 12.1. The maximum atomic E-state index is 11.7. The second-order valence-corrected chi connectivity index (χ2v) is 5.54. The number of hydrogen-bond acceptors (Lipinski definition) is 7. The van der Waals surface area contributed by atoms with Crippen molar-refractivity contribution in [1.82, 2.24) is 14.8 Å². The van der Waals surface area contributed by atoms with Gasteiger partial charge in [0.1, 0.15) is 5.76 Å². The Labute approximate surface area is 155 Å². The van der Waals surface area contributed by atoms with Crippen molar-refractivity contribution < 1.29 is 14.6 Å². The van der Waals surface area contributed by atoms with Gasteiger partial charge in [0.2, 0.25) is 5.70 Å². The van der Waals surface area contributed by atoms with Crippen LogP contribution in [0.25, 0.3) is 11.4 Å². The van der Waals surface area contributed by atoms with E-state index in [1.807, 2.05) is 4.57 Å². The lowest BCUT2D eigenvalue weighted by Gasteiger charge is -2.04. The fourth-order valence-electron chi connectivity index (χ4n) is 2.08. The number of hydrogen-bond donors (Lipinski definition) is 2. The molecule has 0 aliphatic rings. The Kier molecular flexibility index (Phi) is 6.56. The monoisotopic (exact) mass is 373 g/mol. The molecule has 2 N–H and O–H groups in total. The molecule has 1 heterocycles. The zero-order chi connectivity index (χ0) is 19.1. The van der Waals surface area contributed by atoms with E-state index in [4.69, 9.17) is 17.0 Å². The number of carbonyl (C=O) groups is 1. The largest absolute Gasteiger partial charge is 0.510 e. The highest BCUT2D eigenvalue weighted by atomic mass is 32.1. The van der Waals surface area contributed by atoms with E-state index in [0.717, 1.165) is 5.56 Å². The molecule has 0 unspecified atom stereocenters. The summed E-state index contributed by atoms with van der Waals surface area (Å²) in [4.78, 5) is 11.7. The number of rotatable bonds is 7. The van der Waals surface area contributed by atoms with Gasteiger partial charge in [-0.2, -0.15) is 10.2 Å². The van der Waals surface area contributed by atoms with Gasteiger partial charge in [-0.05, 0) is 50.3 Å². The molecule has 8 nitrogen and oxygen atoms in total. The number of aliphatic hydroxyl groups excluding tert-OH is 1. The molecular formula is C17H19N5O3S. The second-order valence-electron chi connectivity index (χ2n) is 5.15. The van der Waals surface area contributed by atoms with Crippen LogP contribution in [-0.2, 0) is 16.1 Å². The minimum absolute atomic E-state index is 0.180. The molecule has 1 aromatic carbocycles. The maximum absolute atomic E-state index is 11.7. The van der Waals surface area contributed by atoms with Gasteiger partial charge in [0.05, 0.1) is 12.3 Å². The Morgan fingerprint density at radius 2 is 2.15 bits per heavy atom. The summed E-state index contributed by atoms with van der Waals surface area (Å²) in [5.74, 6) is -0.312. The minimum atomic E-state index is -0.729. The first-order chi connectivity index (χ1) is 12.5. The molecule has 2 aromatic rings. The summed E-state index contributed by atoms with van der Waals surface area (Å²) in [7, 11) is 0. The Balaban J connectivity index is 2.25. The van der Waals surface area contributed by atoms with E-state index in [9.17, 15) is 9.90 Å². The molecule has 0 spiro atoms. The fourth-order valence-corrected chi connectivity index (χ4v) is 2.29. The van der Waals surface area contributed by atoms with E-state index in [-0.39, 0.29) is 18.1 Å². The van der Waals surface area contributed by atoms with Crippen molar-refractivity contribution in [2.24, 2.45) is 10.2 Å². The number of aliphatic hydroxyl groups is 1. The molecule has 0 radical (unpaired) electrons. The molecule has 136 valence electrons. The van der Waals surface area contributed by atoms with Crippen LogP contribution in [0.15, 0.2) is 58.6 Å². The van der Waals surface area contributed by atoms with Crippen LogP contribution in [0.2, 0.25) is 0 Å². The van der Waals surface area contributed by atoms with Gasteiger partial charge in [0.25, 0.3) is 0 Å². The number of allylic oxidation sites excluding steroid dienone is 2. The minimum Gasteiger partial charge on any atom is -0.510 e. The van der Waals surface area contributed by atoms with Gasteiger partial charge in [-0.3, -0.25) is 9.67 Å². The molecule has 0 fully saturated rings. The number of aromatic nitrogens is 3. The average Bonchev–Trinajstić information content (AvgIpc) is 2.97. The van der Waals surface area contributed by atoms with Crippen molar-refractivity contribution in [3.05, 3.63) is 53.1 Å². The Morgan fingerprint density at radius 3 is 2.73 bits per heavy atom. The lowest BCUT2D eigenvalue weighted by Crippen LogP contribution is -2.07. The molecule has 0 bridgehead atoms. The highest BCUT2D eigenvalue weighted by Crippen LogP contribution is 2.22. The highest BCUT2D eigenvalue weighted by Gasteiger charge is 2.14. The molecule has 0 aliphatic heterocycles. The zero-order valence-corrected chi connectivity index (χ0v) is 15.3. The fraction of sp³-hybridized carbons (Fsp3) is 0.235. The van der Waals surface area contributed by atoms with Gasteiger partial charge >= 0.3 is 5.97 Å². The summed E-state index contributed by atoms with van der Waals surface area (Å²) < 4.78 is 7.15. The summed E-state index contributed by atoms with van der Waals surface area (Å²) in [5.41, 5.74) is 1.10. The standard InChI is InChI=1S/C17H19N5O3S/c1-4-10-22-15(20-21-17(22)26)12-6-8-13(9-7-12)18-19-14(11(3)23)16(24)25-5-2/h4,6-9,23H,1,5,10H2,2-3H3,(H,21,26)/b14-11+,19-18?. The molecule has 26 heavy (non-hydrogen) atoms. The molecule has 9 heteroatoms. The molecule has 0 atom stereocenters. The highest BCUT2D eigenvalue weighted by molar-refractivity contribution is 7.71. The quantitative estimate of drug-likeness (QED) is 0.189. The van der Waals surface area contributed by atoms with Gasteiger partial charge in [0, 0.05) is 12.1 Å². The first-order valence-corrected chi connectivity index (χ1v) is 8.24. The van der Waals surface area contributed by atoms with E-state index in [1.54, 1.807) is 37.3 Å². The van der Waals surface area contributed by atoms with Gasteiger partial charge in [-0.15, -0.1) is 11.7 Å². The number of benzene rings is 1.